The Labute approximate surface area is 139 Å². The number of nitrogens with one attached hydrogen (secondary N) is 2. The molecular formula is C16H16Cl2N2O2. The van der Waals surface area contributed by atoms with Crippen molar-refractivity contribution in [2.75, 3.05) is 24.3 Å². The molecule has 6 heteroatoms. The molecule has 0 saturated heterocycles. The first-order chi connectivity index (χ1) is 10.5. The van der Waals surface area contributed by atoms with Gasteiger partial charge in [-0.1, -0.05) is 23.2 Å². The normalized spacial score (nSPS) is 10.2. The first kappa shape index (κ1) is 16.5. The predicted octanol–water partition coefficient (Wildman–Crippen LogP) is 4.36. The number of hydrogen-bond acceptors (Lipinski definition) is 3. The van der Waals surface area contributed by atoms with Crippen LogP contribution in [0.2, 0.25) is 10.0 Å². The molecule has 0 spiro atoms. The monoisotopic (exact) mass is 338 g/mol. The van der Waals surface area contributed by atoms with Gasteiger partial charge in [-0.25, -0.2) is 0 Å². The van der Waals surface area contributed by atoms with Crippen LogP contribution in [0.3, 0.4) is 0 Å². The van der Waals surface area contributed by atoms with Crippen molar-refractivity contribution in [3.63, 3.8) is 0 Å². The van der Waals surface area contributed by atoms with Gasteiger partial charge < -0.3 is 15.4 Å². The minimum Gasteiger partial charge on any atom is -0.495 e. The number of amides is 1. The second kappa shape index (κ2) is 7.38. The van der Waals surface area contributed by atoms with Crippen LogP contribution in [0.5, 0.6) is 5.75 Å². The fraction of sp³-hybridized carbons (Fsp3) is 0.188. The molecule has 0 saturated carbocycles. The summed E-state index contributed by atoms with van der Waals surface area (Å²) in [5.41, 5.74) is 2.31. The number of hydrogen-bond donors (Lipinski definition) is 2. The number of anilines is 2. The fourth-order valence-electron chi connectivity index (χ4n) is 1.88. The summed E-state index contributed by atoms with van der Waals surface area (Å²) in [5.74, 6) is 0.423. The largest absolute Gasteiger partial charge is 0.495 e. The molecule has 2 rings (SSSR count). The second-order valence-corrected chi connectivity index (χ2v) is 5.55. The summed E-state index contributed by atoms with van der Waals surface area (Å²) < 4.78 is 5.25. The SMILES string of the molecule is COc1cc(Cl)c(C)cc1NCC(=O)Nc1ccc(Cl)cc1. The highest BCUT2D eigenvalue weighted by Gasteiger charge is 2.09. The minimum absolute atomic E-state index is 0.111. The van der Waals surface area contributed by atoms with Crippen LogP contribution in [0.4, 0.5) is 11.4 Å². The number of carbonyl (C=O) groups excluding carboxylic acids is 1. The van der Waals surface area contributed by atoms with Gasteiger partial charge in [0.25, 0.3) is 0 Å². The van der Waals surface area contributed by atoms with Crippen LogP contribution in [0, 0.1) is 6.92 Å². The zero-order valence-electron chi connectivity index (χ0n) is 12.2. The van der Waals surface area contributed by atoms with E-state index in [2.05, 4.69) is 10.6 Å². The average molecular weight is 339 g/mol. The van der Waals surface area contributed by atoms with Gasteiger partial charge in [-0.3, -0.25) is 4.79 Å². The van der Waals surface area contributed by atoms with Gasteiger partial charge in [-0.05, 0) is 42.8 Å². The predicted molar refractivity (Wildman–Crippen MR) is 91.3 cm³/mol. The zero-order chi connectivity index (χ0) is 16.1. The zero-order valence-corrected chi connectivity index (χ0v) is 13.8. The Bertz CT molecular complexity index is 673. The van der Waals surface area contributed by atoms with Gasteiger partial charge in [0.05, 0.1) is 19.3 Å². The smallest absolute Gasteiger partial charge is 0.243 e. The highest BCUT2D eigenvalue weighted by Crippen LogP contribution is 2.30. The lowest BCUT2D eigenvalue weighted by Crippen LogP contribution is -2.22. The molecule has 0 unspecified atom stereocenters. The van der Waals surface area contributed by atoms with Crippen molar-refractivity contribution in [2.45, 2.75) is 6.92 Å². The summed E-state index contributed by atoms with van der Waals surface area (Å²) in [4.78, 5) is 11.9. The number of benzene rings is 2. The summed E-state index contributed by atoms with van der Waals surface area (Å²) in [5, 5.41) is 7.06. The highest BCUT2D eigenvalue weighted by atomic mass is 35.5. The molecule has 22 heavy (non-hydrogen) atoms. The fourth-order valence-corrected chi connectivity index (χ4v) is 2.16. The van der Waals surface area contributed by atoms with Crippen molar-refractivity contribution in [2.24, 2.45) is 0 Å². The third-order valence-electron chi connectivity index (χ3n) is 3.05. The van der Waals surface area contributed by atoms with Crippen LogP contribution in [0.15, 0.2) is 36.4 Å². The molecular weight excluding hydrogens is 323 g/mol. The molecule has 116 valence electrons. The Morgan fingerprint density at radius 1 is 1.18 bits per heavy atom. The average Bonchev–Trinajstić information content (AvgIpc) is 2.50. The van der Waals surface area contributed by atoms with E-state index in [9.17, 15) is 4.79 Å². The van der Waals surface area contributed by atoms with Crippen LogP contribution in [0.25, 0.3) is 0 Å². The van der Waals surface area contributed by atoms with Gasteiger partial charge in [0.15, 0.2) is 0 Å². The molecule has 0 bridgehead atoms. The molecule has 0 fully saturated rings. The maximum Gasteiger partial charge on any atom is 0.243 e. The Morgan fingerprint density at radius 2 is 1.86 bits per heavy atom. The Kier molecular flexibility index (Phi) is 5.52. The standard InChI is InChI=1S/C16H16Cl2N2O2/c1-10-7-14(15(22-2)8-13(10)18)19-9-16(21)20-12-5-3-11(17)4-6-12/h3-8,19H,9H2,1-2H3,(H,20,21). The first-order valence-electron chi connectivity index (χ1n) is 6.63. The van der Waals surface area contributed by atoms with Crippen molar-refractivity contribution < 1.29 is 9.53 Å². The van der Waals surface area contributed by atoms with Gasteiger partial charge in [-0.2, -0.15) is 0 Å². The lowest BCUT2D eigenvalue weighted by molar-refractivity contribution is -0.114. The van der Waals surface area contributed by atoms with Crippen LogP contribution >= 0.6 is 23.2 Å². The Hall–Kier alpha value is -1.91. The second-order valence-electron chi connectivity index (χ2n) is 4.71. The number of ether oxygens (including phenoxy) is 1. The van der Waals surface area contributed by atoms with Crippen molar-refractivity contribution in [3.05, 3.63) is 52.0 Å². The summed E-state index contributed by atoms with van der Waals surface area (Å²) in [6.45, 7) is 2.00. The molecule has 0 radical (unpaired) electrons. The summed E-state index contributed by atoms with van der Waals surface area (Å²) >= 11 is 11.9. The van der Waals surface area contributed by atoms with E-state index < -0.39 is 0 Å². The number of methoxy groups -OCH3 is 1. The van der Waals surface area contributed by atoms with Crippen LogP contribution < -0.4 is 15.4 Å². The molecule has 0 aliphatic carbocycles. The molecule has 2 aromatic rings. The Morgan fingerprint density at radius 3 is 2.50 bits per heavy atom. The summed E-state index contributed by atoms with van der Waals surface area (Å²) in [7, 11) is 1.56. The van der Waals surface area contributed by atoms with E-state index >= 15 is 0 Å². The third-order valence-corrected chi connectivity index (χ3v) is 3.71. The maximum absolute atomic E-state index is 11.9. The molecule has 2 N–H and O–H groups in total. The molecule has 0 heterocycles. The molecule has 0 aliphatic heterocycles. The van der Waals surface area contributed by atoms with E-state index in [-0.39, 0.29) is 12.5 Å². The van der Waals surface area contributed by atoms with Gasteiger partial charge >= 0.3 is 0 Å². The lowest BCUT2D eigenvalue weighted by Gasteiger charge is -2.13. The number of carbonyl (C=O) groups is 1. The molecule has 2 aromatic carbocycles. The van der Waals surface area contributed by atoms with E-state index in [1.807, 2.05) is 13.0 Å². The van der Waals surface area contributed by atoms with E-state index in [1.165, 1.54) is 0 Å². The van der Waals surface area contributed by atoms with Crippen molar-refractivity contribution >= 4 is 40.5 Å². The van der Waals surface area contributed by atoms with Crippen molar-refractivity contribution in [3.8, 4) is 5.75 Å². The van der Waals surface area contributed by atoms with Gasteiger partial charge in [0.1, 0.15) is 5.75 Å². The molecule has 0 aromatic heterocycles. The Balaban J connectivity index is 1.99. The van der Waals surface area contributed by atoms with Gasteiger partial charge in [-0.15, -0.1) is 0 Å². The first-order valence-corrected chi connectivity index (χ1v) is 7.38. The van der Waals surface area contributed by atoms with E-state index in [4.69, 9.17) is 27.9 Å². The summed E-state index contributed by atoms with van der Waals surface area (Å²) in [6.07, 6.45) is 0. The molecule has 4 nitrogen and oxygen atoms in total. The third kappa shape index (κ3) is 4.29. The molecule has 0 aliphatic rings. The highest BCUT2D eigenvalue weighted by molar-refractivity contribution is 6.31. The number of aryl methyl sites for hydroxylation is 1. The topological polar surface area (TPSA) is 50.4 Å². The van der Waals surface area contributed by atoms with Crippen molar-refractivity contribution in [1.29, 1.82) is 0 Å². The van der Waals surface area contributed by atoms with Gasteiger partial charge in [0, 0.05) is 21.8 Å². The summed E-state index contributed by atoms with van der Waals surface area (Å²) in [6, 6.07) is 10.5. The maximum atomic E-state index is 11.9. The lowest BCUT2D eigenvalue weighted by atomic mass is 10.2. The van der Waals surface area contributed by atoms with Crippen LogP contribution in [-0.4, -0.2) is 19.6 Å². The minimum atomic E-state index is -0.169. The van der Waals surface area contributed by atoms with E-state index in [0.29, 0.717) is 21.5 Å². The van der Waals surface area contributed by atoms with E-state index in [0.717, 1.165) is 11.3 Å². The number of rotatable bonds is 5. The quantitative estimate of drug-likeness (QED) is 0.851. The van der Waals surface area contributed by atoms with Crippen LogP contribution in [0.1, 0.15) is 5.56 Å². The molecule has 1 amide bonds. The molecule has 0 atom stereocenters. The van der Waals surface area contributed by atoms with Crippen molar-refractivity contribution in [1.82, 2.24) is 0 Å². The number of halogens is 2. The van der Waals surface area contributed by atoms with E-state index in [1.54, 1.807) is 37.4 Å². The van der Waals surface area contributed by atoms with Crippen LogP contribution in [-0.2, 0) is 4.79 Å². The van der Waals surface area contributed by atoms with Gasteiger partial charge in [0.2, 0.25) is 5.91 Å².